The van der Waals surface area contributed by atoms with E-state index in [0.717, 1.165) is 6.42 Å². The maximum Gasteiger partial charge on any atom is 0.138 e. The summed E-state index contributed by atoms with van der Waals surface area (Å²) >= 11 is 0. The average molecular weight is 154 g/mol. The van der Waals surface area contributed by atoms with E-state index in [4.69, 9.17) is 0 Å². The van der Waals surface area contributed by atoms with Crippen molar-refractivity contribution in [3.63, 3.8) is 0 Å². The molecule has 2 atom stereocenters. The Morgan fingerprint density at radius 3 is 2.64 bits per heavy atom. The molecule has 1 rings (SSSR count). The third kappa shape index (κ3) is 1.76. The summed E-state index contributed by atoms with van der Waals surface area (Å²) in [5, 5.41) is 11.0. The van der Waals surface area contributed by atoms with E-state index in [1.54, 1.807) is 11.0 Å². The molecule has 0 spiro atoms. The van der Waals surface area contributed by atoms with E-state index < -0.39 is 0 Å². The van der Waals surface area contributed by atoms with Crippen LogP contribution in [0.5, 0.6) is 0 Å². The standard InChI is InChI=1S/C7H14N4/c1-4-6(2)7(3)11-5-8-9-10-11/h5-7H,4H2,1-3H3. The van der Waals surface area contributed by atoms with Crippen molar-refractivity contribution in [3.8, 4) is 0 Å². The molecule has 0 aromatic carbocycles. The van der Waals surface area contributed by atoms with Gasteiger partial charge in [-0.2, -0.15) is 0 Å². The van der Waals surface area contributed by atoms with Crippen LogP contribution >= 0.6 is 0 Å². The van der Waals surface area contributed by atoms with E-state index in [-0.39, 0.29) is 0 Å². The van der Waals surface area contributed by atoms with Gasteiger partial charge < -0.3 is 0 Å². The summed E-state index contributed by atoms with van der Waals surface area (Å²) in [6, 6.07) is 0.398. The van der Waals surface area contributed by atoms with Crippen LogP contribution in [0.3, 0.4) is 0 Å². The number of hydrogen-bond donors (Lipinski definition) is 0. The molecule has 0 aliphatic heterocycles. The lowest BCUT2D eigenvalue weighted by Gasteiger charge is -2.16. The fourth-order valence-corrected chi connectivity index (χ4v) is 0.957. The number of rotatable bonds is 3. The second-order valence-electron chi connectivity index (χ2n) is 2.92. The van der Waals surface area contributed by atoms with Gasteiger partial charge in [-0.3, -0.25) is 0 Å². The first-order chi connectivity index (χ1) is 5.25. The Hall–Kier alpha value is -0.930. The smallest absolute Gasteiger partial charge is 0.138 e. The zero-order valence-electron chi connectivity index (χ0n) is 7.23. The van der Waals surface area contributed by atoms with Crippen LogP contribution in [0.1, 0.15) is 33.2 Å². The third-order valence-electron chi connectivity index (χ3n) is 2.25. The zero-order chi connectivity index (χ0) is 8.27. The Morgan fingerprint density at radius 2 is 2.18 bits per heavy atom. The molecule has 11 heavy (non-hydrogen) atoms. The molecule has 0 aliphatic carbocycles. The molecule has 0 amide bonds. The molecule has 1 aromatic rings. The molecule has 4 nitrogen and oxygen atoms in total. The fraction of sp³-hybridized carbons (Fsp3) is 0.857. The van der Waals surface area contributed by atoms with E-state index in [1.165, 1.54) is 0 Å². The summed E-state index contributed by atoms with van der Waals surface area (Å²) in [4.78, 5) is 0. The monoisotopic (exact) mass is 154 g/mol. The van der Waals surface area contributed by atoms with Gasteiger partial charge in [-0.15, -0.1) is 5.10 Å². The molecule has 1 heterocycles. The number of tetrazole rings is 1. The Kier molecular flexibility index (Phi) is 2.57. The Labute approximate surface area is 66.6 Å². The molecule has 62 valence electrons. The van der Waals surface area contributed by atoms with Crippen molar-refractivity contribution in [2.45, 2.75) is 33.2 Å². The minimum atomic E-state index is 0.398. The van der Waals surface area contributed by atoms with Crippen molar-refractivity contribution in [1.82, 2.24) is 20.2 Å². The predicted octanol–water partition coefficient (Wildman–Crippen LogP) is 1.28. The number of aromatic nitrogens is 4. The fourth-order valence-electron chi connectivity index (χ4n) is 0.957. The minimum absolute atomic E-state index is 0.398. The van der Waals surface area contributed by atoms with Crippen LogP contribution in [-0.4, -0.2) is 20.2 Å². The summed E-state index contributed by atoms with van der Waals surface area (Å²) < 4.78 is 1.80. The highest BCUT2D eigenvalue weighted by atomic mass is 15.5. The summed E-state index contributed by atoms with van der Waals surface area (Å²) in [7, 11) is 0. The van der Waals surface area contributed by atoms with Gasteiger partial charge >= 0.3 is 0 Å². The quantitative estimate of drug-likeness (QED) is 0.658. The summed E-state index contributed by atoms with van der Waals surface area (Å²) in [6.45, 7) is 6.50. The van der Waals surface area contributed by atoms with Crippen molar-refractivity contribution in [3.05, 3.63) is 6.33 Å². The van der Waals surface area contributed by atoms with Gasteiger partial charge in [0.15, 0.2) is 0 Å². The van der Waals surface area contributed by atoms with E-state index in [0.29, 0.717) is 12.0 Å². The summed E-state index contributed by atoms with van der Waals surface area (Å²) in [5.41, 5.74) is 0. The van der Waals surface area contributed by atoms with Crippen LogP contribution in [0.15, 0.2) is 6.33 Å². The number of nitrogens with zero attached hydrogens (tertiary/aromatic N) is 4. The molecule has 0 bridgehead atoms. The van der Waals surface area contributed by atoms with Gasteiger partial charge in [0.1, 0.15) is 6.33 Å². The molecule has 1 aromatic heterocycles. The first-order valence-electron chi connectivity index (χ1n) is 3.98. The lowest BCUT2D eigenvalue weighted by atomic mass is 10.0. The second kappa shape index (κ2) is 3.46. The van der Waals surface area contributed by atoms with Crippen LogP contribution < -0.4 is 0 Å². The minimum Gasteiger partial charge on any atom is -0.229 e. The van der Waals surface area contributed by atoms with Crippen LogP contribution in [0.25, 0.3) is 0 Å². The molecule has 2 unspecified atom stereocenters. The molecule has 0 radical (unpaired) electrons. The maximum atomic E-state index is 3.84. The van der Waals surface area contributed by atoms with Gasteiger partial charge in [0, 0.05) is 0 Å². The molecular weight excluding hydrogens is 140 g/mol. The molecule has 0 aliphatic rings. The molecular formula is C7H14N4. The van der Waals surface area contributed by atoms with E-state index in [2.05, 4.69) is 36.3 Å². The topological polar surface area (TPSA) is 43.6 Å². The first-order valence-corrected chi connectivity index (χ1v) is 3.98. The largest absolute Gasteiger partial charge is 0.229 e. The van der Waals surface area contributed by atoms with E-state index in [9.17, 15) is 0 Å². The van der Waals surface area contributed by atoms with Crippen molar-refractivity contribution in [1.29, 1.82) is 0 Å². The van der Waals surface area contributed by atoms with Gasteiger partial charge in [0.25, 0.3) is 0 Å². The molecule has 0 saturated heterocycles. The summed E-state index contributed by atoms with van der Waals surface area (Å²) in [5.74, 6) is 0.624. The molecule has 4 heteroatoms. The zero-order valence-corrected chi connectivity index (χ0v) is 7.23. The normalized spacial score (nSPS) is 16.3. The SMILES string of the molecule is CCC(C)C(C)n1cnnn1. The van der Waals surface area contributed by atoms with Gasteiger partial charge in [-0.05, 0) is 23.3 Å². The summed E-state index contributed by atoms with van der Waals surface area (Å²) in [6.07, 6.45) is 2.82. The molecule has 0 N–H and O–H groups in total. The average Bonchev–Trinajstić information content (AvgIpc) is 2.53. The Morgan fingerprint density at radius 1 is 1.45 bits per heavy atom. The van der Waals surface area contributed by atoms with Crippen LogP contribution in [0.2, 0.25) is 0 Å². The second-order valence-corrected chi connectivity index (χ2v) is 2.92. The highest BCUT2D eigenvalue weighted by molar-refractivity contribution is 4.65. The van der Waals surface area contributed by atoms with Crippen LogP contribution in [0.4, 0.5) is 0 Å². The van der Waals surface area contributed by atoms with Gasteiger partial charge in [0.05, 0.1) is 6.04 Å². The van der Waals surface area contributed by atoms with E-state index in [1.807, 2.05) is 0 Å². The molecule has 0 saturated carbocycles. The van der Waals surface area contributed by atoms with Crippen molar-refractivity contribution in [2.75, 3.05) is 0 Å². The lowest BCUT2D eigenvalue weighted by Crippen LogP contribution is -2.13. The molecule has 0 fully saturated rings. The van der Waals surface area contributed by atoms with Crippen LogP contribution in [-0.2, 0) is 0 Å². The van der Waals surface area contributed by atoms with Gasteiger partial charge in [-0.1, -0.05) is 20.3 Å². The van der Waals surface area contributed by atoms with Crippen molar-refractivity contribution >= 4 is 0 Å². The third-order valence-corrected chi connectivity index (χ3v) is 2.25. The first kappa shape index (κ1) is 8.17. The predicted molar refractivity (Wildman–Crippen MR) is 42.0 cm³/mol. The van der Waals surface area contributed by atoms with Gasteiger partial charge in [-0.25, -0.2) is 4.68 Å². The van der Waals surface area contributed by atoms with Crippen molar-refractivity contribution < 1.29 is 0 Å². The maximum absolute atomic E-state index is 3.84. The highest BCUT2D eigenvalue weighted by Gasteiger charge is 2.12. The number of hydrogen-bond acceptors (Lipinski definition) is 3. The highest BCUT2D eigenvalue weighted by Crippen LogP contribution is 2.17. The van der Waals surface area contributed by atoms with Crippen molar-refractivity contribution in [2.24, 2.45) is 5.92 Å². The van der Waals surface area contributed by atoms with Crippen LogP contribution in [0, 0.1) is 5.92 Å². The van der Waals surface area contributed by atoms with E-state index >= 15 is 0 Å². The Balaban J connectivity index is 2.62. The Bertz CT molecular complexity index is 194. The lowest BCUT2D eigenvalue weighted by molar-refractivity contribution is 0.337. The van der Waals surface area contributed by atoms with Gasteiger partial charge in [0.2, 0.25) is 0 Å².